The monoisotopic (exact) mass is 434 g/mol. The highest BCUT2D eigenvalue weighted by atomic mass is 32.1. The van der Waals surface area contributed by atoms with Gasteiger partial charge in [0, 0.05) is 36.8 Å². The Labute approximate surface area is 184 Å². The highest BCUT2D eigenvalue weighted by Crippen LogP contribution is 2.31. The molecule has 1 aliphatic rings. The first kappa shape index (κ1) is 20.7. The van der Waals surface area contributed by atoms with Crippen LogP contribution in [0.25, 0.3) is 5.69 Å². The molecule has 3 heterocycles. The summed E-state index contributed by atoms with van der Waals surface area (Å²) in [7, 11) is 0. The van der Waals surface area contributed by atoms with E-state index >= 15 is 0 Å². The Kier molecular flexibility index (Phi) is 6.34. The van der Waals surface area contributed by atoms with Crippen LogP contribution < -0.4 is 5.32 Å². The average molecular weight is 435 g/mol. The minimum atomic E-state index is -0.378. The number of likely N-dealkylation sites (tertiary alicyclic amines) is 1. The van der Waals surface area contributed by atoms with Gasteiger partial charge in [0.05, 0.1) is 16.4 Å². The topological polar surface area (TPSA) is 76.5 Å². The number of thiazole rings is 1. The molecule has 7 nitrogen and oxygen atoms in total. The summed E-state index contributed by atoms with van der Waals surface area (Å²) in [6.45, 7) is 1.15. The van der Waals surface area contributed by atoms with Crippen LogP contribution in [0.1, 0.15) is 34.3 Å². The second-order valence-corrected chi connectivity index (χ2v) is 8.04. The van der Waals surface area contributed by atoms with Gasteiger partial charge in [-0.3, -0.25) is 4.79 Å². The van der Waals surface area contributed by atoms with E-state index in [1.807, 2.05) is 53.4 Å². The third-order valence-corrected chi connectivity index (χ3v) is 6.18. The molecule has 158 valence electrons. The Balaban J connectivity index is 1.38. The van der Waals surface area contributed by atoms with Crippen molar-refractivity contribution in [3.63, 3.8) is 0 Å². The molecule has 31 heavy (non-hydrogen) atoms. The lowest BCUT2D eigenvalue weighted by Crippen LogP contribution is -2.38. The molecule has 1 aromatic carbocycles. The molecule has 1 saturated heterocycles. The Hall–Kier alpha value is -3.57. The fourth-order valence-corrected chi connectivity index (χ4v) is 4.54. The number of amides is 2. The zero-order valence-electron chi connectivity index (χ0n) is 16.9. The van der Waals surface area contributed by atoms with E-state index in [0.717, 1.165) is 29.2 Å². The molecule has 1 N–H and O–H groups in total. The predicted molar refractivity (Wildman–Crippen MR) is 120 cm³/mol. The zero-order valence-corrected chi connectivity index (χ0v) is 17.7. The maximum absolute atomic E-state index is 12.8. The predicted octanol–water partition coefficient (Wildman–Crippen LogP) is 4.14. The van der Waals surface area contributed by atoms with Crippen molar-refractivity contribution in [3.8, 4) is 18.0 Å². The summed E-state index contributed by atoms with van der Waals surface area (Å²) < 4.78 is 6.93. The fourth-order valence-electron chi connectivity index (χ4n) is 3.57. The van der Waals surface area contributed by atoms with Crippen molar-refractivity contribution in [2.45, 2.75) is 18.8 Å². The average Bonchev–Trinajstić information content (AvgIpc) is 3.50. The van der Waals surface area contributed by atoms with Crippen LogP contribution in [0.15, 0.2) is 54.2 Å². The Bertz CT molecular complexity index is 1090. The standard InChI is InChI=1S/C23H22N4O3S/c1-2-15-30-23(29)27-13-9-17(10-14-27)22-25-19(16-31-22)21(28)24-18-7-3-4-8-20(18)26-11-5-6-12-26/h1,3-8,11-12,16-17H,9-10,13-15H2,(H,24,28). The molecule has 0 spiro atoms. The molecule has 3 aromatic rings. The van der Waals surface area contributed by atoms with E-state index in [0.29, 0.717) is 18.8 Å². The highest BCUT2D eigenvalue weighted by Gasteiger charge is 2.27. The number of carbonyl (C=O) groups is 2. The molecule has 1 aliphatic heterocycles. The minimum Gasteiger partial charge on any atom is -0.436 e. The highest BCUT2D eigenvalue weighted by molar-refractivity contribution is 7.10. The summed E-state index contributed by atoms with van der Waals surface area (Å²) in [5.74, 6) is 2.28. The van der Waals surface area contributed by atoms with Crippen molar-refractivity contribution in [1.29, 1.82) is 0 Å². The van der Waals surface area contributed by atoms with Crippen molar-refractivity contribution in [1.82, 2.24) is 14.5 Å². The first-order chi connectivity index (χ1) is 15.2. The molecule has 2 amide bonds. The number of benzene rings is 1. The van der Waals surface area contributed by atoms with Crippen molar-refractivity contribution in [2.75, 3.05) is 25.0 Å². The van der Waals surface area contributed by atoms with E-state index in [4.69, 9.17) is 11.2 Å². The second kappa shape index (κ2) is 9.49. The minimum absolute atomic E-state index is 0.0167. The lowest BCUT2D eigenvalue weighted by molar-refractivity contribution is 0.102. The number of carbonyl (C=O) groups excluding carboxylic acids is 2. The van der Waals surface area contributed by atoms with Gasteiger partial charge in [0.25, 0.3) is 5.91 Å². The Morgan fingerprint density at radius 2 is 1.94 bits per heavy atom. The zero-order chi connectivity index (χ0) is 21.6. The molecular weight excluding hydrogens is 412 g/mol. The van der Waals surface area contributed by atoms with Crippen molar-refractivity contribution >= 4 is 29.0 Å². The Morgan fingerprint density at radius 1 is 1.19 bits per heavy atom. The number of hydrogen-bond donors (Lipinski definition) is 1. The van der Waals surface area contributed by atoms with Gasteiger partial charge in [0.15, 0.2) is 6.61 Å². The number of ether oxygens (including phenoxy) is 1. The number of rotatable bonds is 5. The largest absolute Gasteiger partial charge is 0.436 e. The van der Waals surface area contributed by atoms with Crippen LogP contribution >= 0.6 is 11.3 Å². The summed E-state index contributed by atoms with van der Waals surface area (Å²) >= 11 is 1.48. The normalized spacial score (nSPS) is 14.1. The summed E-state index contributed by atoms with van der Waals surface area (Å²) in [6, 6.07) is 11.5. The summed E-state index contributed by atoms with van der Waals surface area (Å²) in [4.78, 5) is 31.0. The lowest BCUT2D eigenvalue weighted by atomic mass is 9.98. The van der Waals surface area contributed by atoms with Crippen LogP contribution in [-0.4, -0.2) is 46.1 Å². The number of piperidine rings is 1. The molecule has 0 saturated carbocycles. The Morgan fingerprint density at radius 3 is 2.68 bits per heavy atom. The fraction of sp³-hybridized carbons (Fsp3) is 0.261. The van der Waals surface area contributed by atoms with Gasteiger partial charge in [-0.2, -0.15) is 0 Å². The van der Waals surface area contributed by atoms with Crippen molar-refractivity contribution in [2.24, 2.45) is 0 Å². The van der Waals surface area contributed by atoms with Crippen LogP contribution in [-0.2, 0) is 4.74 Å². The summed E-state index contributed by atoms with van der Waals surface area (Å²) in [6.07, 6.45) is 10.2. The number of hydrogen-bond acceptors (Lipinski definition) is 5. The van der Waals surface area contributed by atoms with Gasteiger partial charge in [-0.05, 0) is 37.1 Å². The van der Waals surface area contributed by atoms with E-state index in [9.17, 15) is 9.59 Å². The van der Waals surface area contributed by atoms with E-state index in [1.54, 1.807) is 10.3 Å². The molecule has 4 rings (SSSR count). The van der Waals surface area contributed by atoms with Crippen molar-refractivity contribution < 1.29 is 14.3 Å². The SMILES string of the molecule is C#CCOC(=O)N1CCC(c2nc(C(=O)Nc3ccccc3-n3cccc3)cs2)CC1. The van der Waals surface area contributed by atoms with Crippen molar-refractivity contribution in [3.05, 3.63) is 64.9 Å². The number of anilines is 1. The molecule has 0 unspecified atom stereocenters. The molecule has 0 radical (unpaired) electrons. The maximum atomic E-state index is 12.8. The number of aromatic nitrogens is 2. The molecule has 0 aliphatic carbocycles. The van der Waals surface area contributed by atoms with Crippen LogP contribution in [0.3, 0.4) is 0 Å². The number of nitrogens with zero attached hydrogens (tertiary/aromatic N) is 3. The molecule has 1 fully saturated rings. The van der Waals surface area contributed by atoms with E-state index in [2.05, 4.69) is 16.2 Å². The first-order valence-corrected chi connectivity index (χ1v) is 10.9. The van der Waals surface area contributed by atoms with Gasteiger partial charge in [-0.25, -0.2) is 9.78 Å². The van der Waals surface area contributed by atoms with E-state index in [-0.39, 0.29) is 24.5 Å². The van der Waals surface area contributed by atoms with Crippen LogP contribution in [0, 0.1) is 12.3 Å². The van der Waals surface area contributed by atoms with Gasteiger partial charge in [-0.15, -0.1) is 17.8 Å². The number of nitrogens with one attached hydrogen (secondary N) is 1. The first-order valence-electron chi connectivity index (χ1n) is 10.00. The van der Waals surface area contributed by atoms with Crippen LogP contribution in [0.4, 0.5) is 10.5 Å². The number of para-hydroxylation sites is 2. The smallest absolute Gasteiger partial charge is 0.410 e. The van der Waals surface area contributed by atoms with Gasteiger partial charge < -0.3 is 19.5 Å². The van der Waals surface area contributed by atoms with E-state index in [1.165, 1.54) is 11.3 Å². The van der Waals surface area contributed by atoms with Gasteiger partial charge in [0.2, 0.25) is 0 Å². The second-order valence-electron chi connectivity index (χ2n) is 7.15. The van der Waals surface area contributed by atoms with Gasteiger partial charge in [0.1, 0.15) is 5.69 Å². The molecule has 2 aromatic heterocycles. The van der Waals surface area contributed by atoms with Crippen LogP contribution in [0.2, 0.25) is 0 Å². The van der Waals surface area contributed by atoms with Crippen LogP contribution in [0.5, 0.6) is 0 Å². The molecule has 8 heteroatoms. The number of terminal acetylenes is 1. The summed E-state index contributed by atoms with van der Waals surface area (Å²) in [5.41, 5.74) is 2.01. The summed E-state index contributed by atoms with van der Waals surface area (Å²) in [5, 5.41) is 5.68. The molecule has 0 atom stereocenters. The third-order valence-electron chi connectivity index (χ3n) is 5.17. The third kappa shape index (κ3) is 4.78. The van der Waals surface area contributed by atoms with Gasteiger partial charge >= 0.3 is 6.09 Å². The lowest BCUT2D eigenvalue weighted by Gasteiger charge is -2.30. The molecular formula is C23H22N4O3S. The maximum Gasteiger partial charge on any atom is 0.410 e. The quantitative estimate of drug-likeness (QED) is 0.613. The van der Waals surface area contributed by atoms with E-state index < -0.39 is 0 Å². The molecule has 0 bridgehead atoms. The van der Waals surface area contributed by atoms with Gasteiger partial charge in [-0.1, -0.05) is 18.1 Å².